The predicted octanol–water partition coefficient (Wildman–Crippen LogP) is 5.08. The van der Waals surface area contributed by atoms with E-state index in [-0.39, 0.29) is 6.04 Å². The van der Waals surface area contributed by atoms with Gasteiger partial charge in [0.1, 0.15) is 0 Å². The van der Waals surface area contributed by atoms with Crippen LogP contribution in [0.15, 0.2) is 24.3 Å². The number of hydrogen-bond acceptors (Lipinski definition) is 4. The maximum absolute atomic E-state index is 12.3. The zero-order valence-corrected chi connectivity index (χ0v) is 15.8. The first-order valence-corrected chi connectivity index (χ1v) is 8.52. The summed E-state index contributed by atoms with van der Waals surface area (Å²) in [6.45, 7) is 5.87. The molecule has 7 heteroatoms. The molecule has 0 saturated heterocycles. The van der Waals surface area contributed by atoms with Gasteiger partial charge in [0.2, 0.25) is 0 Å². The van der Waals surface area contributed by atoms with Crippen molar-refractivity contribution in [3.05, 3.63) is 45.6 Å². The van der Waals surface area contributed by atoms with Gasteiger partial charge in [-0.25, -0.2) is 14.5 Å². The largest absolute Gasteiger partial charge is 0.465 e. The number of methoxy groups -OCH3 is 1. The molecular weight excluding hydrogens is 361 g/mol. The number of aromatic nitrogens is 3. The minimum Gasteiger partial charge on any atom is -0.465 e. The highest BCUT2D eigenvalue weighted by atomic mass is 35.5. The van der Waals surface area contributed by atoms with Crippen LogP contribution in [0.4, 0.5) is 0 Å². The van der Waals surface area contributed by atoms with Crippen LogP contribution in [0.1, 0.15) is 35.9 Å². The van der Waals surface area contributed by atoms with Gasteiger partial charge < -0.3 is 4.74 Å². The van der Waals surface area contributed by atoms with Gasteiger partial charge in [-0.1, -0.05) is 23.2 Å². The fraction of sp³-hybridized carbons (Fsp3) is 0.278. The second kappa shape index (κ2) is 6.65. The van der Waals surface area contributed by atoms with Crippen LogP contribution in [-0.4, -0.2) is 27.8 Å². The Labute approximate surface area is 155 Å². The van der Waals surface area contributed by atoms with Crippen LogP contribution in [0.3, 0.4) is 0 Å². The van der Waals surface area contributed by atoms with Crippen molar-refractivity contribution in [1.29, 1.82) is 0 Å². The lowest BCUT2D eigenvalue weighted by Crippen LogP contribution is -2.07. The van der Waals surface area contributed by atoms with E-state index in [1.54, 1.807) is 28.9 Å². The molecule has 0 amide bonds. The SMILES string of the molecule is COC(=O)c1cc(-c2ccc(Cl)cc2Cl)nc2c1c(C)nn2C(C)C. The topological polar surface area (TPSA) is 57.0 Å². The van der Waals surface area contributed by atoms with Crippen molar-refractivity contribution in [1.82, 2.24) is 14.8 Å². The van der Waals surface area contributed by atoms with Crippen LogP contribution in [0.5, 0.6) is 0 Å². The van der Waals surface area contributed by atoms with Gasteiger partial charge >= 0.3 is 5.97 Å². The van der Waals surface area contributed by atoms with Crippen LogP contribution in [0, 0.1) is 6.92 Å². The van der Waals surface area contributed by atoms with E-state index in [0.717, 1.165) is 5.69 Å². The predicted molar refractivity (Wildman–Crippen MR) is 99.4 cm³/mol. The Bertz CT molecular complexity index is 980. The monoisotopic (exact) mass is 377 g/mol. The van der Waals surface area contributed by atoms with E-state index < -0.39 is 5.97 Å². The Hall–Kier alpha value is -2.11. The van der Waals surface area contributed by atoms with Crippen molar-refractivity contribution in [3.8, 4) is 11.3 Å². The first-order chi connectivity index (χ1) is 11.8. The molecule has 0 aliphatic carbocycles. The molecule has 2 heterocycles. The molecule has 0 N–H and O–H groups in total. The van der Waals surface area contributed by atoms with E-state index in [2.05, 4.69) is 5.10 Å². The number of carbonyl (C=O) groups is 1. The fourth-order valence-corrected chi connectivity index (χ4v) is 3.28. The van der Waals surface area contributed by atoms with Gasteiger partial charge in [-0.3, -0.25) is 0 Å². The molecule has 0 radical (unpaired) electrons. The molecule has 0 aliphatic rings. The van der Waals surface area contributed by atoms with Gasteiger partial charge in [-0.2, -0.15) is 5.10 Å². The Morgan fingerprint density at radius 2 is 1.96 bits per heavy atom. The molecule has 5 nitrogen and oxygen atoms in total. The maximum atomic E-state index is 12.3. The summed E-state index contributed by atoms with van der Waals surface area (Å²) in [5.74, 6) is -0.440. The van der Waals surface area contributed by atoms with E-state index in [9.17, 15) is 4.79 Å². The Kier molecular flexibility index (Phi) is 4.71. The molecule has 0 bridgehead atoms. The molecule has 130 valence electrons. The standard InChI is InChI=1S/C18H17Cl2N3O2/c1-9(2)23-17-16(10(3)22-23)13(18(24)25-4)8-15(21-17)12-6-5-11(19)7-14(12)20/h5-9H,1-4H3. The number of halogens is 2. The molecule has 3 aromatic rings. The second-order valence-electron chi connectivity index (χ2n) is 5.99. The zero-order valence-electron chi connectivity index (χ0n) is 14.3. The summed E-state index contributed by atoms with van der Waals surface area (Å²) in [6.07, 6.45) is 0. The summed E-state index contributed by atoms with van der Waals surface area (Å²) >= 11 is 12.3. The minimum absolute atomic E-state index is 0.0881. The summed E-state index contributed by atoms with van der Waals surface area (Å²) in [5.41, 5.74) is 3.02. The van der Waals surface area contributed by atoms with Crippen LogP contribution in [-0.2, 0) is 4.74 Å². The van der Waals surface area contributed by atoms with Crippen LogP contribution < -0.4 is 0 Å². The average Bonchev–Trinajstić information content (AvgIpc) is 2.90. The summed E-state index contributed by atoms with van der Waals surface area (Å²) in [4.78, 5) is 17.1. The van der Waals surface area contributed by atoms with Crippen molar-refractivity contribution < 1.29 is 9.53 Å². The summed E-state index contributed by atoms with van der Waals surface area (Å²) in [6, 6.07) is 6.93. The van der Waals surface area contributed by atoms with Crippen molar-refractivity contribution in [2.75, 3.05) is 7.11 Å². The first-order valence-electron chi connectivity index (χ1n) is 7.77. The number of fused-ring (bicyclic) bond motifs is 1. The number of pyridine rings is 1. The lowest BCUT2D eigenvalue weighted by atomic mass is 10.1. The third-order valence-corrected chi connectivity index (χ3v) is 4.49. The highest BCUT2D eigenvalue weighted by molar-refractivity contribution is 6.36. The van der Waals surface area contributed by atoms with Crippen molar-refractivity contribution in [3.63, 3.8) is 0 Å². The number of ether oxygens (including phenoxy) is 1. The third-order valence-electron chi connectivity index (χ3n) is 3.94. The van der Waals surface area contributed by atoms with Crippen LogP contribution in [0.2, 0.25) is 10.0 Å². The number of benzene rings is 1. The van der Waals surface area contributed by atoms with Gasteiger partial charge in [0.15, 0.2) is 5.65 Å². The van der Waals surface area contributed by atoms with Crippen LogP contribution in [0.25, 0.3) is 22.3 Å². The fourth-order valence-electron chi connectivity index (χ4n) is 2.78. The first kappa shape index (κ1) is 17.7. The molecule has 0 fully saturated rings. The van der Waals surface area contributed by atoms with Gasteiger partial charge in [0.05, 0.1) is 34.5 Å². The summed E-state index contributed by atoms with van der Waals surface area (Å²) in [5, 5.41) is 6.21. The number of hydrogen-bond donors (Lipinski definition) is 0. The van der Waals surface area contributed by atoms with Gasteiger partial charge in [-0.15, -0.1) is 0 Å². The van der Waals surface area contributed by atoms with Gasteiger partial charge in [0, 0.05) is 16.6 Å². The van der Waals surface area contributed by atoms with E-state index in [4.69, 9.17) is 32.9 Å². The normalized spacial score (nSPS) is 11.3. The molecule has 0 atom stereocenters. The number of carbonyl (C=O) groups excluding carboxylic acids is 1. The van der Waals surface area contributed by atoms with E-state index in [0.29, 0.717) is 37.9 Å². The number of nitrogens with zero attached hydrogens (tertiary/aromatic N) is 3. The molecule has 0 saturated carbocycles. The van der Waals surface area contributed by atoms with E-state index in [1.807, 2.05) is 20.8 Å². The number of aryl methyl sites for hydroxylation is 1. The van der Waals surface area contributed by atoms with Crippen molar-refractivity contribution in [2.45, 2.75) is 26.8 Å². The van der Waals surface area contributed by atoms with E-state index >= 15 is 0 Å². The Balaban J connectivity index is 2.37. The second-order valence-corrected chi connectivity index (χ2v) is 6.84. The van der Waals surface area contributed by atoms with Gasteiger partial charge in [0.25, 0.3) is 0 Å². The molecule has 0 unspecified atom stereocenters. The number of rotatable bonds is 3. The maximum Gasteiger partial charge on any atom is 0.338 e. The lowest BCUT2D eigenvalue weighted by Gasteiger charge is -2.11. The Morgan fingerprint density at radius 1 is 1.24 bits per heavy atom. The third kappa shape index (κ3) is 3.10. The quantitative estimate of drug-likeness (QED) is 0.597. The zero-order chi connectivity index (χ0) is 18.3. The molecule has 0 aliphatic heterocycles. The highest BCUT2D eigenvalue weighted by Gasteiger charge is 2.22. The molecule has 25 heavy (non-hydrogen) atoms. The average molecular weight is 378 g/mol. The molecular formula is C18H17Cl2N3O2. The highest BCUT2D eigenvalue weighted by Crippen LogP contribution is 2.33. The van der Waals surface area contributed by atoms with Crippen molar-refractivity contribution in [2.24, 2.45) is 0 Å². The van der Waals surface area contributed by atoms with Gasteiger partial charge in [-0.05, 0) is 45.0 Å². The van der Waals surface area contributed by atoms with Crippen molar-refractivity contribution >= 4 is 40.2 Å². The molecule has 1 aromatic carbocycles. The van der Waals surface area contributed by atoms with E-state index in [1.165, 1.54) is 7.11 Å². The smallest absolute Gasteiger partial charge is 0.338 e. The molecule has 2 aromatic heterocycles. The lowest BCUT2D eigenvalue weighted by molar-refractivity contribution is 0.0603. The van der Waals surface area contributed by atoms with Crippen LogP contribution >= 0.6 is 23.2 Å². The number of esters is 1. The summed E-state index contributed by atoms with van der Waals surface area (Å²) < 4.78 is 6.75. The molecule has 3 rings (SSSR count). The summed E-state index contributed by atoms with van der Waals surface area (Å²) in [7, 11) is 1.35. The minimum atomic E-state index is -0.440. The Morgan fingerprint density at radius 3 is 2.56 bits per heavy atom. The molecule has 0 spiro atoms.